The molecular weight excluding hydrogens is 324 g/mol. The molecule has 2 aromatic heterocycles. The quantitative estimate of drug-likeness (QED) is 0.612. The largest absolute Gasteiger partial charge is 0.497 e. The van der Waals surface area contributed by atoms with Crippen molar-refractivity contribution in [1.82, 2.24) is 15.5 Å². The predicted molar refractivity (Wildman–Crippen MR) is 91.4 cm³/mol. The van der Waals surface area contributed by atoms with Gasteiger partial charge in [0.15, 0.2) is 5.82 Å². The summed E-state index contributed by atoms with van der Waals surface area (Å²) in [5.74, 6) is 0.0125. The van der Waals surface area contributed by atoms with Crippen molar-refractivity contribution in [2.45, 2.75) is 13.3 Å². The molecule has 1 aromatic carbocycles. The summed E-state index contributed by atoms with van der Waals surface area (Å²) >= 11 is 0. The van der Waals surface area contributed by atoms with Crippen LogP contribution in [0.15, 0.2) is 35.0 Å². The summed E-state index contributed by atoms with van der Waals surface area (Å²) in [6.45, 7) is 2.02. The molecule has 0 atom stereocenters. The molecule has 0 saturated heterocycles. The maximum atomic E-state index is 11.8. The average Bonchev–Trinajstić information content (AvgIpc) is 3.20. The first-order valence-corrected chi connectivity index (χ1v) is 7.73. The molecule has 3 rings (SSSR count). The summed E-state index contributed by atoms with van der Waals surface area (Å²) in [6, 6.07) is 7.27. The van der Waals surface area contributed by atoms with Gasteiger partial charge in [0.05, 0.1) is 7.11 Å². The maximum absolute atomic E-state index is 11.8. The standard InChI is InChI=1S/C17H18N4O4/c1-10-7-15(21-25-10)20-17(23)16(22)18-6-5-11-9-19-14-4-3-12(24-2)8-13(11)14/h3-4,7-9,19H,5-6H2,1-2H3,(H,18,22)(H,20,21,23). The second kappa shape index (κ2) is 7.08. The Kier molecular flexibility index (Phi) is 4.69. The lowest BCUT2D eigenvalue weighted by molar-refractivity contribution is -0.136. The van der Waals surface area contributed by atoms with Gasteiger partial charge < -0.3 is 19.6 Å². The summed E-state index contributed by atoms with van der Waals surface area (Å²) in [4.78, 5) is 26.8. The van der Waals surface area contributed by atoms with Crippen molar-refractivity contribution in [3.63, 3.8) is 0 Å². The van der Waals surface area contributed by atoms with E-state index >= 15 is 0 Å². The van der Waals surface area contributed by atoms with Gasteiger partial charge in [-0.15, -0.1) is 0 Å². The van der Waals surface area contributed by atoms with Crippen LogP contribution in [0.25, 0.3) is 10.9 Å². The van der Waals surface area contributed by atoms with E-state index in [0.717, 1.165) is 22.2 Å². The van der Waals surface area contributed by atoms with Crippen LogP contribution in [0, 0.1) is 6.92 Å². The fourth-order valence-electron chi connectivity index (χ4n) is 2.48. The number of hydrogen-bond acceptors (Lipinski definition) is 5. The average molecular weight is 342 g/mol. The smallest absolute Gasteiger partial charge is 0.314 e. The number of aromatic amines is 1. The van der Waals surface area contributed by atoms with Crippen LogP contribution in [0.2, 0.25) is 0 Å². The number of ether oxygens (including phenoxy) is 1. The van der Waals surface area contributed by atoms with E-state index in [1.54, 1.807) is 14.0 Å². The zero-order chi connectivity index (χ0) is 17.8. The molecule has 0 radical (unpaired) electrons. The zero-order valence-electron chi connectivity index (χ0n) is 13.9. The summed E-state index contributed by atoms with van der Waals surface area (Å²) in [7, 11) is 1.61. The highest BCUT2D eigenvalue weighted by atomic mass is 16.5. The van der Waals surface area contributed by atoms with Crippen LogP contribution in [0.3, 0.4) is 0 Å². The number of carbonyl (C=O) groups is 2. The van der Waals surface area contributed by atoms with Crippen molar-refractivity contribution < 1.29 is 18.8 Å². The van der Waals surface area contributed by atoms with Crippen LogP contribution in [-0.4, -0.2) is 35.6 Å². The number of nitrogens with one attached hydrogen (secondary N) is 3. The molecule has 2 heterocycles. The van der Waals surface area contributed by atoms with Crippen molar-refractivity contribution in [2.24, 2.45) is 0 Å². The normalized spacial score (nSPS) is 10.6. The number of fused-ring (bicyclic) bond motifs is 1. The number of hydrogen-bond donors (Lipinski definition) is 3. The first kappa shape index (κ1) is 16.6. The Labute approximate surface area is 143 Å². The van der Waals surface area contributed by atoms with Crippen molar-refractivity contribution >= 4 is 28.5 Å². The molecule has 0 saturated carbocycles. The van der Waals surface area contributed by atoms with Gasteiger partial charge in [0, 0.05) is 29.7 Å². The van der Waals surface area contributed by atoms with Crippen LogP contribution >= 0.6 is 0 Å². The van der Waals surface area contributed by atoms with Gasteiger partial charge >= 0.3 is 11.8 Å². The number of aryl methyl sites for hydroxylation is 1. The van der Waals surface area contributed by atoms with Crippen LogP contribution < -0.4 is 15.4 Å². The van der Waals surface area contributed by atoms with E-state index in [0.29, 0.717) is 18.7 Å². The third-order valence-electron chi connectivity index (χ3n) is 3.73. The van der Waals surface area contributed by atoms with E-state index in [1.807, 2.05) is 24.4 Å². The molecule has 0 aliphatic heterocycles. The second-order valence-corrected chi connectivity index (χ2v) is 5.51. The third kappa shape index (κ3) is 3.79. The van der Waals surface area contributed by atoms with E-state index in [9.17, 15) is 9.59 Å². The number of H-pyrrole nitrogens is 1. The van der Waals surface area contributed by atoms with Gasteiger partial charge in [-0.25, -0.2) is 0 Å². The fourth-order valence-corrected chi connectivity index (χ4v) is 2.48. The number of methoxy groups -OCH3 is 1. The van der Waals surface area contributed by atoms with E-state index in [4.69, 9.17) is 9.26 Å². The molecule has 0 bridgehead atoms. The molecule has 0 spiro atoms. The number of rotatable bonds is 5. The van der Waals surface area contributed by atoms with Gasteiger partial charge in [-0.3, -0.25) is 14.9 Å². The molecule has 8 heteroatoms. The van der Waals surface area contributed by atoms with Gasteiger partial charge in [-0.05, 0) is 37.1 Å². The summed E-state index contributed by atoms with van der Waals surface area (Å²) in [5, 5.41) is 9.59. The van der Waals surface area contributed by atoms with E-state index < -0.39 is 11.8 Å². The molecule has 0 aliphatic carbocycles. The highest BCUT2D eigenvalue weighted by Gasteiger charge is 2.15. The molecule has 25 heavy (non-hydrogen) atoms. The lowest BCUT2D eigenvalue weighted by atomic mass is 10.1. The van der Waals surface area contributed by atoms with E-state index in [-0.39, 0.29) is 5.82 Å². The number of anilines is 1. The SMILES string of the molecule is COc1ccc2[nH]cc(CCNC(=O)C(=O)Nc3cc(C)on3)c2c1. The molecule has 3 aromatic rings. The van der Waals surface area contributed by atoms with Gasteiger partial charge in [0.2, 0.25) is 0 Å². The Hall–Kier alpha value is -3.29. The number of carbonyl (C=O) groups excluding carboxylic acids is 2. The summed E-state index contributed by atoms with van der Waals surface area (Å²) in [6.07, 6.45) is 2.46. The molecule has 3 N–H and O–H groups in total. The first-order chi connectivity index (χ1) is 12.1. The Morgan fingerprint density at radius 1 is 1.28 bits per heavy atom. The van der Waals surface area contributed by atoms with Crippen molar-refractivity contribution in [3.8, 4) is 5.75 Å². The van der Waals surface area contributed by atoms with Crippen LogP contribution in [0.5, 0.6) is 5.75 Å². The third-order valence-corrected chi connectivity index (χ3v) is 3.73. The van der Waals surface area contributed by atoms with Crippen LogP contribution in [-0.2, 0) is 16.0 Å². The van der Waals surface area contributed by atoms with Gasteiger partial charge in [0.1, 0.15) is 11.5 Å². The molecular formula is C17H18N4O4. The van der Waals surface area contributed by atoms with Gasteiger partial charge in [-0.2, -0.15) is 0 Å². The molecule has 2 amide bonds. The first-order valence-electron chi connectivity index (χ1n) is 7.73. The number of amides is 2. The molecule has 0 unspecified atom stereocenters. The van der Waals surface area contributed by atoms with Crippen molar-refractivity contribution in [3.05, 3.63) is 41.8 Å². The Morgan fingerprint density at radius 2 is 2.12 bits per heavy atom. The second-order valence-electron chi connectivity index (χ2n) is 5.51. The highest BCUT2D eigenvalue weighted by molar-refractivity contribution is 6.39. The van der Waals surface area contributed by atoms with E-state index in [2.05, 4.69) is 20.8 Å². The summed E-state index contributed by atoms with van der Waals surface area (Å²) in [5.41, 5.74) is 2.02. The predicted octanol–water partition coefficient (Wildman–Crippen LogP) is 1.77. The zero-order valence-corrected chi connectivity index (χ0v) is 13.9. The minimum atomic E-state index is -0.783. The van der Waals surface area contributed by atoms with Gasteiger partial charge in [0.25, 0.3) is 0 Å². The molecule has 0 fully saturated rings. The minimum absolute atomic E-state index is 0.210. The van der Waals surface area contributed by atoms with Crippen LogP contribution in [0.4, 0.5) is 5.82 Å². The lowest BCUT2D eigenvalue weighted by Crippen LogP contribution is -2.36. The van der Waals surface area contributed by atoms with Crippen molar-refractivity contribution in [2.75, 3.05) is 19.0 Å². The fraction of sp³-hybridized carbons (Fsp3) is 0.235. The van der Waals surface area contributed by atoms with Crippen LogP contribution in [0.1, 0.15) is 11.3 Å². The molecule has 0 aliphatic rings. The minimum Gasteiger partial charge on any atom is -0.497 e. The molecule has 130 valence electrons. The van der Waals surface area contributed by atoms with E-state index in [1.165, 1.54) is 6.07 Å². The van der Waals surface area contributed by atoms with Crippen molar-refractivity contribution in [1.29, 1.82) is 0 Å². The monoisotopic (exact) mass is 342 g/mol. The Morgan fingerprint density at radius 3 is 2.84 bits per heavy atom. The topological polar surface area (TPSA) is 109 Å². The highest BCUT2D eigenvalue weighted by Crippen LogP contribution is 2.23. The van der Waals surface area contributed by atoms with Gasteiger partial charge in [-0.1, -0.05) is 5.16 Å². The lowest BCUT2D eigenvalue weighted by Gasteiger charge is -2.05. The number of aromatic nitrogens is 2. The Balaban J connectivity index is 1.55. The molecule has 8 nitrogen and oxygen atoms in total. The number of nitrogens with zero attached hydrogens (tertiary/aromatic N) is 1. The maximum Gasteiger partial charge on any atom is 0.314 e. The number of benzene rings is 1. The summed E-state index contributed by atoms with van der Waals surface area (Å²) < 4.78 is 10.1. The Bertz CT molecular complexity index is 912.